The third-order valence-corrected chi connectivity index (χ3v) is 10.2. The number of benzene rings is 1. The predicted octanol–water partition coefficient (Wildman–Crippen LogP) is 4.74. The number of hydrogen-bond donors (Lipinski definition) is 0. The van der Waals surface area contributed by atoms with Gasteiger partial charge in [-0.3, -0.25) is 0 Å². The zero-order valence-electron chi connectivity index (χ0n) is 11.6. The van der Waals surface area contributed by atoms with Crippen LogP contribution in [0.25, 0.3) is 0 Å². The maximum atomic E-state index is 4.05. The molecule has 0 aromatic heterocycles. The molecule has 0 N–H and O–H groups in total. The minimum atomic E-state index is -1.39. The lowest BCUT2D eigenvalue weighted by atomic mass is 10.4. The Morgan fingerprint density at radius 3 is 2.06 bits per heavy atom. The van der Waals surface area contributed by atoms with Gasteiger partial charge in [-0.15, -0.1) is 6.58 Å². The molecule has 1 unspecified atom stereocenters. The van der Waals surface area contributed by atoms with E-state index in [9.17, 15) is 0 Å². The first kappa shape index (κ1) is 14.2. The molecule has 94 valence electrons. The first-order valence-corrected chi connectivity index (χ1v) is 9.38. The van der Waals surface area contributed by atoms with Crippen molar-refractivity contribution in [1.82, 2.24) is 0 Å². The quantitative estimate of drug-likeness (QED) is 0.481. The van der Waals surface area contributed by atoms with E-state index in [-0.39, 0.29) is 0 Å². The molecule has 0 aliphatic carbocycles. The molecule has 0 spiro atoms. The third-order valence-electron chi connectivity index (χ3n) is 3.97. The summed E-state index contributed by atoms with van der Waals surface area (Å²) in [5.74, 6) is 0. The third kappa shape index (κ3) is 3.10. The number of hydrogen-bond acceptors (Lipinski definition) is 0. The Balaban J connectivity index is 3.18. The van der Waals surface area contributed by atoms with Gasteiger partial charge in [-0.25, -0.2) is 0 Å². The van der Waals surface area contributed by atoms with Crippen LogP contribution in [-0.4, -0.2) is 8.07 Å². The van der Waals surface area contributed by atoms with E-state index in [0.717, 1.165) is 0 Å². The van der Waals surface area contributed by atoms with Crippen LogP contribution < -0.4 is 5.19 Å². The van der Waals surface area contributed by atoms with E-state index in [1.807, 2.05) is 0 Å². The summed E-state index contributed by atoms with van der Waals surface area (Å²) in [4.78, 5) is 0. The Morgan fingerprint density at radius 1 is 1.12 bits per heavy atom. The van der Waals surface area contributed by atoms with Crippen molar-refractivity contribution >= 4 is 13.3 Å². The average molecular weight is 246 g/mol. The second-order valence-electron chi connectivity index (χ2n) is 5.05. The van der Waals surface area contributed by atoms with E-state index >= 15 is 0 Å². The normalized spacial score (nSPS) is 13.4. The SMILES string of the molecule is C=CC(C)[Si](CCC)(CCC)c1ccccc1. The van der Waals surface area contributed by atoms with Gasteiger partial charge in [0.1, 0.15) is 0 Å². The van der Waals surface area contributed by atoms with Crippen molar-refractivity contribution in [2.75, 3.05) is 0 Å². The molecule has 0 aliphatic rings. The van der Waals surface area contributed by atoms with Crippen LogP contribution in [0.1, 0.15) is 33.6 Å². The smallest absolute Gasteiger partial charge is 0.0931 e. The lowest BCUT2D eigenvalue weighted by Gasteiger charge is -2.36. The van der Waals surface area contributed by atoms with Crippen LogP contribution in [0.5, 0.6) is 0 Å². The molecular weight excluding hydrogens is 220 g/mol. The molecule has 0 saturated heterocycles. The van der Waals surface area contributed by atoms with E-state index in [2.05, 4.69) is 63.8 Å². The second-order valence-corrected chi connectivity index (χ2v) is 9.85. The Kier molecular flexibility index (Phi) is 5.70. The summed E-state index contributed by atoms with van der Waals surface area (Å²) in [6.07, 6.45) is 4.77. The fourth-order valence-electron chi connectivity index (χ4n) is 3.02. The molecule has 0 aliphatic heterocycles. The molecule has 1 atom stereocenters. The topological polar surface area (TPSA) is 0 Å². The fourth-order valence-corrected chi connectivity index (χ4v) is 8.38. The van der Waals surface area contributed by atoms with Gasteiger partial charge in [0, 0.05) is 0 Å². The van der Waals surface area contributed by atoms with Crippen LogP contribution in [-0.2, 0) is 0 Å². The first-order chi connectivity index (χ1) is 8.21. The summed E-state index contributed by atoms with van der Waals surface area (Å²) < 4.78 is 0. The molecule has 0 saturated carbocycles. The second kappa shape index (κ2) is 6.80. The van der Waals surface area contributed by atoms with Crippen molar-refractivity contribution in [3.8, 4) is 0 Å². The molecule has 1 aromatic rings. The van der Waals surface area contributed by atoms with Crippen LogP contribution in [0.15, 0.2) is 43.0 Å². The summed E-state index contributed by atoms with van der Waals surface area (Å²) in [5.41, 5.74) is 0.671. The monoisotopic (exact) mass is 246 g/mol. The van der Waals surface area contributed by atoms with Crippen molar-refractivity contribution in [1.29, 1.82) is 0 Å². The van der Waals surface area contributed by atoms with Gasteiger partial charge in [0.05, 0.1) is 8.07 Å². The van der Waals surface area contributed by atoms with Crippen molar-refractivity contribution in [3.05, 3.63) is 43.0 Å². The highest BCUT2D eigenvalue weighted by molar-refractivity contribution is 6.93. The fraction of sp³-hybridized carbons (Fsp3) is 0.500. The van der Waals surface area contributed by atoms with Gasteiger partial charge in [0.15, 0.2) is 0 Å². The van der Waals surface area contributed by atoms with Gasteiger partial charge in [0.25, 0.3) is 0 Å². The maximum Gasteiger partial charge on any atom is 0.0931 e. The Hall–Kier alpha value is -0.823. The largest absolute Gasteiger partial charge is 0.103 e. The van der Waals surface area contributed by atoms with E-state index < -0.39 is 8.07 Å². The molecule has 1 aromatic carbocycles. The summed E-state index contributed by atoms with van der Waals surface area (Å²) in [7, 11) is -1.39. The Bertz CT molecular complexity index is 323. The van der Waals surface area contributed by atoms with Crippen molar-refractivity contribution in [3.63, 3.8) is 0 Å². The zero-order chi connectivity index (χ0) is 12.7. The molecule has 0 amide bonds. The molecule has 0 bridgehead atoms. The highest BCUT2D eigenvalue weighted by Gasteiger charge is 2.37. The summed E-state index contributed by atoms with van der Waals surface area (Å²) in [6, 6.07) is 14.0. The van der Waals surface area contributed by atoms with Gasteiger partial charge in [0.2, 0.25) is 0 Å². The van der Waals surface area contributed by atoms with Crippen LogP contribution in [0.2, 0.25) is 17.6 Å². The van der Waals surface area contributed by atoms with Crippen LogP contribution in [0.3, 0.4) is 0 Å². The van der Waals surface area contributed by atoms with Gasteiger partial charge < -0.3 is 0 Å². The van der Waals surface area contributed by atoms with Crippen molar-refractivity contribution in [2.24, 2.45) is 0 Å². The highest BCUT2D eigenvalue weighted by Crippen LogP contribution is 2.32. The van der Waals surface area contributed by atoms with Crippen molar-refractivity contribution in [2.45, 2.75) is 51.2 Å². The molecular formula is C16H26Si. The van der Waals surface area contributed by atoms with Gasteiger partial charge in [-0.05, 0) is 5.54 Å². The van der Waals surface area contributed by atoms with Crippen molar-refractivity contribution < 1.29 is 0 Å². The first-order valence-electron chi connectivity index (χ1n) is 6.89. The molecule has 0 radical (unpaired) electrons. The number of allylic oxidation sites excluding steroid dienone is 1. The Morgan fingerprint density at radius 2 is 1.65 bits per heavy atom. The van der Waals surface area contributed by atoms with Gasteiger partial charge in [-0.2, -0.15) is 0 Å². The molecule has 0 heterocycles. The molecule has 0 fully saturated rings. The summed E-state index contributed by atoms with van der Waals surface area (Å²) in [6.45, 7) is 11.1. The van der Waals surface area contributed by atoms with Gasteiger partial charge >= 0.3 is 0 Å². The summed E-state index contributed by atoms with van der Waals surface area (Å²) in [5, 5.41) is 1.62. The minimum Gasteiger partial charge on any atom is -0.103 e. The molecule has 0 nitrogen and oxygen atoms in total. The zero-order valence-corrected chi connectivity index (χ0v) is 12.6. The van der Waals surface area contributed by atoms with E-state index in [4.69, 9.17) is 0 Å². The maximum absolute atomic E-state index is 4.05. The average Bonchev–Trinajstić information content (AvgIpc) is 2.38. The van der Waals surface area contributed by atoms with E-state index in [1.54, 1.807) is 5.19 Å². The van der Waals surface area contributed by atoms with Crippen LogP contribution >= 0.6 is 0 Å². The van der Waals surface area contributed by atoms with Crippen LogP contribution in [0, 0.1) is 0 Å². The minimum absolute atomic E-state index is 0.671. The van der Waals surface area contributed by atoms with Crippen LogP contribution in [0.4, 0.5) is 0 Å². The van der Waals surface area contributed by atoms with E-state index in [1.165, 1.54) is 24.9 Å². The summed E-state index contributed by atoms with van der Waals surface area (Å²) >= 11 is 0. The lowest BCUT2D eigenvalue weighted by Crippen LogP contribution is -2.50. The molecule has 17 heavy (non-hydrogen) atoms. The number of rotatable bonds is 7. The standard InChI is InChI=1S/C16H26Si/c1-5-13-17(14-6-2,15(4)7-3)16-11-9-8-10-12-16/h7-12,15H,3,5-6,13-14H2,1-2,4H3. The molecule has 1 heteroatoms. The van der Waals surface area contributed by atoms with E-state index in [0.29, 0.717) is 5.54 Å². The predicted molar refractivity (Wildman–Crippen MR) is 81.6 cm³/mol. The lowest BCUT2D eigenvalue weighted by molar-refractivity contribution is 0.940. The molecule has 1 rings (SSSR count). The Labute approximate surface area is 108 Å². The van der Waals surface area contributed by atoms with Gasteiger partial charge in [-0.1, -0.05) is 87.3 Å². The highest BCUT2D eigenvalue weighted by atomic mass is 28.3.